The summed E-state index contributed by atoms with van der Waals surface area (Å²) >= 11 is 0. The van der Waals surface area contributed by atoms with Gasteiger partial charge in [-0.15, -0.1) is 0 Å². The Morgan fingerprint density at radius 1 is 1.24 bits per heavy atom. The topological polar surface area (TPSA) is 18.5 Å². The van der Waals surface area contributed by atoms with E-state index in [1.54, 1.807) is 0 Å². The highest BCUT2D eigenvalue weighted by atomic mass is 15.2. The van der Waals surface area contributed by atoms with Gasteiger partial charge in [0, 0.05) is 19.1 Å². The van der Waals surface area contributed by atoms with E-state index in [-0.39, 0.29) is 0 Å². The van der Waals surface area contributed by atoms with Crippen LogP contribution in [-0.4, -0.2) is 62.2 Å². The van der Waals surface area contributed by atoms with Crippen molar-refractivity contribution in [2.24, 2.45) is 5.92 Å². The van der Waals surface area contributed by atoms with Crippen molar-refractivity contribution in [3.05, 3.63) is 0 Å². The SMILES string of the molecule is CCNCC1CCC1N(C)CCN1CCCC1. The lowest BCUT2D eigenvalue weighted by molar-refractivity contribution is 0.0767. The Kier molecular flexibility index (Phi) is 5.26. The van der Waals surface area contributed by atoms with Crippen LogP contribution in [0.3, 0.4) is 0 Å². The Labute approximate surface area is 107 Å². The average Bonchev–Trinajstić information content (AvgIpc) is 2.78. The monoisotopic (exact) mass is 239 g/mol. The zero-order chi connectivity index (χ0) is 12.1. The largest absolute Gasteiger partial charge is 0.317 e. The number of likely N-dealkylation sites (N-methyl/N-ethyl adjacent to an activating group) is 1. The van der Waals surface area contributed by atoms with Crippen LogP contribution in [0.4, 0.5) is 0 Å². The summed E-state index contributed by atoms with van der Waals surface area (Å²) in [5, 5.41) is 3.50. The molecule has 0 bridgehead atoms. The van der Waals surface area contributed by atoms with Crippen molar-refractivity contribution in [3.8, 4) is 0 Å². The molecule has 1 saturated heterocycles. The van der Waals surface area contributed by atoms with Crippen LogP contribution in [0, 0.1) is 5.92 Å². The Morgan fingerprint density at radius 3 is 2.59 bits per heavy atom. The van der Waals surface area contributed by atoms with Crippen LogP contribution in [0.1, 0.15) is 32.6 Å². The molecule has 0 aromatic heterocycles. The minimum atomic E-state index is 0.844. The van der Waals surface area contributed by atoms with Crippen molar-refractivity contribution in [1.82, 2.24) is 15.1 Å². The first kappa shape index (κ1) is 13.3. The van der Waals surface area contributed by atoms with Gasteiger partial charge in [0.05, 0.1) is 0 Å². The second-order valence-corrected chi connectivity index (χ2v) is 5.74. The Morgan fingerprint density at radius 2 is 2.00 bits per heavy atom. The van der Waals surface area contributed by atoms with E-state index < -0.39 is 0 Å². The van der Waals surface area contributed by atoms with Gasteiger partial charge in [-0.1, -0.05) is 6.92 Å². The highest BCUT2D eigenvalue weighted by molar-refractivity contribution is 4.89. The van der Waals surface area contributed by atoms with E-state index in [9.17, 15) is 0 Å². The Hall–Kier alpha value is -0.120. The van der Waals surface area contributed by atoms with Crippen molar-refractivity contribution >= 4 is 0 Å². The molecule has 0 spiro atoms. The number of nitrogens with zero attached hydrogens (tertiary/aromatic N) is 2. The van der Waals surface area contributed by atoms with E-state index in [1.165, 1.54) is 58.4 Å². The molecule has 2 unspecified atom stereocenters. The molecule has 2 aliphatic rings. The summed E-state index contributed by atoms with van der Waals surface area (Å²) in [5.74, 6) is 0.901. The molecule has 3 heteroatoms. The predicted octanol–water partition coefficient (Wildman–Crippen LogP) is 1.40. The molecule has 2 atom stereocenters. The van der Waals surface area contributed by atoms with Gasteiger partial charge in [0.2, 0.25) is 0 Å². The second-order valence-electron chi connectivity index (χ2n) is 5.74. The van der Waals surface area contributed by atoms with E-state index in [4.69, 9.17) is 0 Å². The zero-order valence-corrected chi connectivity index (χ0v) is 11.6. The molecule has 1 N–H and O–H groups in total. The molecule has 1 aliphatic heterocycles. The standard InChI is InChI=1S/C14H29N3/c1-3-15-12-13-6-7-14(13)16(2)10-11-17-8-4-5-9-17/h13-15H,3-12H2,1-2H3. The van der Waals surface area contributed by atoms with Crippen LogP contribution in [0.5, 0.6) is 0 Å². The van der Waals surface area contributed by atoms with Crippen LogP contribution in [-0.2, 0) is 0 Å². The summed E-state index contributed by atoms with van der Waals surface area (Å²) in [4.78, 5) is 5.22. The lowest BCUT2D eigenvalue weighted by Crippen LogP contribution is -2.50. The average molecular weight is 239 g/mol. The van der Waals surface area contributed by atoms with Crippen molar-refractivity contribution < 1.29 is 0 Å². The molecule has 0 amide bonds. The van der Waals surface area contributed by atoms with Crippen LogP contribution in [0.25, 0.3) is 0 Å². The highest BCUT2D eigenvalue weighted by Crippen LogP contribution is 2.30. The zero-order valence-electron chi connectivity index (χ0n) is 11.6. The molecule has 0 aromatic rings. The van der Waals surface area contributed by atoms with Crippen LogP contribution < -0.4 is 5.32 Å². The van der Waals surface area contributed by atoms with Crippen molar-refractivity contribution in [3.63, 3.8) is 0 Å². The minimum Gasteiger partial charge on any atom is -0.317 e. The fourth-order valence-corrected chi connectivity index (χ4v) is 3.17. The van der Waals surface area contributed by atoms with E-state index in [0.29, 0.717) is 0 Å². The molecular formula is C14H29N3. The summed E-state index contributed by atoms with van der Waals surface area (Å²) in [6, 6.07) is 0.844. The minimum absolute atomic E-state index is 0.844. The van der Waals surface area contributed by atoms with Gasteiger partial charge in [-0.25, -0.2) is 0 Å². The molecule has 1 aliphatic carbocycles. The third kappa shape index (κ3) is 3.67. The molecule has 0 aromatic carbocycles. The normalized spacial score (nSPS) is 29.8. The summed E-state index contributed by atoms with van der Waals surface area (Å²) in [7, 11) is 2.32. The molecule has 2 fully saturated rings. The van der Waals surface area contributed by atoms with Gasteiger partial charge in [0.25, 0.3) is 0 Å². The van der Waals surface area contributed by atoms with Crippen molar-refractivity contribution in [2.75, 3.05) is 46.3 Å². The molecule has 0 radical (unpaired) electrons. The number of hydrogen-bond acceptors (Lipinski definition) is 3. The molecule has 2 rings (SSSR count). The molecular weight excluding hydrogens is 210 g/mol. The van der Waals surface area contributed by atoms with E-state index in [0.717, 1.165) is 18.5 Å². The van der Waals surface area contributed by atoms with E-state index in [2.05, 4.69) is 29.1 Å². The number of nitrogens with one attached hydrogen (secondary N) is 1. The van der Waals surface area contributed by atoms with Crippen LogP contribution in [0.2, 0.25) is 0 Å². The highest BCUT2D eigenvalue weighted by Gasteiger charge is 2.33. The van der Waals surface area contributed by atoms with Gasteiger partial charge in [-0.3, -0.25) is 0 Å². The van der Waals surface area contributed by atoms with Gasteiger partial charge >= 0.3 is 0 Å². The summed E-state index contributed by atoms with van der Waals surface area (Å²) in [6.45, 7) is 9.73. The molecule has 1 saturated carbocycles. The maximum Gasteiger partial charge on any atom is 0.0133 e. The quantitative estimate of drug-likeness (QED) is 0.724. The van der Waals surface area contributed by atoms with E-state index >= 15 is 0 Å². The first-order valence-corrected chi connectivity index (χ1v) is 7.44. The first-order valence-electron chi connectivity index (χ1n) is 7.44. The fraction of sp³-hybridized carbons (Fsp3) is 1.00. The smallest absolute Gasteiger partial charge is 0.0133 e. The van der Waals surface area contributed by atoms with Crippen molar-refractivity contribution in [2.45, 2.75) is 38.6 Å². The fourth-order valence-electron chi connectivity index (χ4n) is 3.17. The van der Waals surface area contributed by atoms with Crippen LogP contribution in [0.15, 0.2) is 0 Å². The predicted molar refractivity (Wildman–Crippen MR) is 73.4 cm³/mol. The van der Waals surface area contributed by atoms with Gasteiger partial charge in [-0.05, 0) is 64.8 Å². The lowest BCUT2D eigenvalue weighted by atomic mass is 9.78. The maximum absolute atomic E-state index is 3.50. The Bertz CT molecular complexity index is 214. The number of likely N-dealkylation sites (tertiary alicyclic amines) is 1. The van der Waals surface area contributed by atoms with Gasteiger partial charge < -0.3 is 15.1 Å². The van der Waals surface area contributed by atoms with Gasteiger partial charge in [-0.2, -0.15) is 0 Å². The molecule has 17 heavy (non-hydrogen) atoms. The lowest BCUT2D eigenvalue weighted by Gasteiger charge is -2.43. The third-order valence-corrected chi connectivity index (χ3v) is 4.57. The summed E-state index contributed by atoms with van der Waals surface area (Å²) in [6.07, 6.45) is 5.66. The number of rotatable bonds is 7. The molecule has 3 nitrogen and oxygen atoms in total. The first-order chi connectivity index (χ1) is 8.31. The number of hydrogen-bond donors (Lipinski definition) is 1. The van der Waals surface area contributed by atoms with Gasteiger partial charge in [0.1, 0.15) is 0 Å². The van der Waals surface area contributed by atoms with Crippen molar-refractivity contribution in [1.29, 1.82) is 0 Å². The van der Waals surface area contributed by atoms with E-state index in [1.807, 2.05) is 0 Å². The Balaban J connectivity index is 1.63. The second kappa shape index (κ2) is 6.72. The maximum atomic E-state index is 3.50. The third-order valence-electron chi connectivity index (χ3n) is 4.57. The summed E-state index contributed by atoms with van der Waals surface area (Å²) < 4.78 is 0. The summed E-state index contributed by atoms with van der Waals surface area (Å²) in [5.41, 5.74) is 0. The van der Waals surface area contributed by atoms with Gasteiger partial charge in [0.15, 0.2) is 0 Å². The van der Waals surface area contributed by atoms with Crippen LogP contribution >= 0.6 is 0 Å². The molecule has 100 valence electrons. The molecule has 1 heterocycles.